The number of likely N-dealkylation sites (tertiary alicyclic amines) is 1. The second-order valence-corrected chi connectivity index (χ2v) is 4.08. The molecule has 1 aliphatic heterocycles. The topological polar surface area (TPSA) is 62.3 Å². The van der Waals surface area contributed by atoms with E-state index in [1.165, 1.54) is 0 Å². The van der Waals surface area contributed by atoms with Crippen LogP contribution in [0.2, 0.25) is 0 Å². The van der Waals surface area contributed by atoms with Gasteiger partial charge < -0.3 is 10.2 Å². The van der Waals surface area contributed by atoms with Crippen LogP contribution in [-0.2, 0) is 4.79 Å². The van der Waals surface area contributed by atoms with Gasteiger partial charge in [-0.15, -0.1) is 0 Å². The van der Waals surface area contributed by atoms with Crippen molar-refractivity contribution in [2.75, 3.05) is 6.54 Å². The van der Waals surface area contributed by atoms with Gasteiger partial charge in [-0.1, -0.05) is 0 Å². The monoisotopic (exact) mass is 233 g/mol. The molecule has 2 rings (SSSR count). The Hall–Kier alpha value is -1.91. The van der Waals surface area contributed by atoms with Crippen LogP contribution in [-0.4, -0.2) is 34.9 Å². The van der Waals surface area contributed by atoms with Crippen molar-refractivity contribution < 1.29 is 9.59 Å². The molecule has 0 aromatic carbocycles. The highest BCUT2D eigenvalue weighted by molar-refractivity contribution is 5.95. The second-order valence-electron chi connectivity index (χ2n) is 4.08. The number of aromatic nitrogens is 1. The lowest BCUT2D eigenvalue weighted by Crippen LogP contribution is -2.44. The fourth-order valence-corrected chi connectivity index (χ4v) is 2.13. The minimum absolute atomic E-state index is 0.0625. The number of carbonyl (C=O) groups is 2. The summed E-state index contributed by atoms with van der Waals surface area (Å²) in [4.78, 5) is 28.6. The number of aryl methyl sites for hydroxylation is 1. The summed E-state index contributed by atoms with van der Waals surface area (Å²) in [5.74, 6) is -0.0625. The predicted octanol–water partition coefficient (Wildman–Crippen LogP) is 0.698. The molecule has 1 N–H and O–H groups in total. The van der Waals surface area contributed by atoms with Crippen LogP contribution in [0.4, 0.5) is 0 Å². The van der Waals surface area contributed by atoms with Gasteiger partial charge in [0.25, 0.3) is 5.91 Å². The quantitative estimate of drug-likeness (QED) is 0.782. The van der Waals surface area contributed by atoms with Crippen LogP contribution in [0, 0.1) is 6.92 Å². The molecule has 1 saturated heterocycles. The van der Waals surface area contributed by atoms with E-state index in [-0.39, 0.29) is 12.1 Å². The smallest absolute Gasteiger partial charge is 0.257 e. The Bertz CT molecular complexity index is 434. The molecule has 0 aliphatic carbocycles. The second kappa shape index (κ2) is 4.95. The zero-order valence-electron chi connectivity index (χ0n) is 9.72. The van der Waals surface area contributed by atoms with Gasteiger partial charge in [-0.2, -0.15) is 0 Å². The van der Waals surface area contributed by atoms with Crippen molar-refractivity contribution >= 4 is 12.3 Å². The van der Waals surface area contributed by atoms with Gasteiger partial charge >= 0.3 is 0 Å². The van der Waals surface area contributed by atoms with E-state index >= 15 is 0 Å². The van der Waals surface area contributed by atoms with Crippen molar-refractivity contribution in [1.29, 1.82) is 0 Å². The standard InChI is InChI=1S/C12H15N3O2/c1-9-10(4-2-6-13-9)12(17)15-7-3-5-11(15)14-8-16/h2,4,6,8,11H,3,5,7H2,1H3,(H,14,16). The predicted molar refractivity (Wildman–Crippen MR) is 62.2 cm³/mol. The number of carbonyl (C=O) groups excluding carboxylic acids is 2. The Morgan fingerprint density at radius 2 is 2.47 bits per heavy atom. The third kappa shape index (κ3) is 2.27. The van der Waals surface area contributed by atoms with Crippen molar-refractivity contribution in [3.8, 4) is 0 Å². The summed E-state index contributed by atoms with van der Waals surface area (Å²) in [5, 5.41) is 2.67. The molecule has 1 atom stereocenters. The lowest BCUT2D eigenvalue weighted by molar-refractivity contribution is -0.110. The number of nitrogens with one attached hydrogen (secondary N) is 1. The van der Waals surface area contributed by atoms with Gasteiger partial charge in [-0.3, -0.25) is 14.6 Å². The van der Waals surface area contributed by atoms with Crippen LogP contribution in [0.3, 0.4) is 0 Å². The van der Waals surface area contributed by atoms with Gasteiger partial charge in [0.1, 0.15) is 6.17 Å². The summed E-state index contributed by atoms with van der Waals surface area (Å²) in [6.45, 7) is 2.49. The maximum Gasteiger partial charge on any atom is 0.257 e. The van der Waals surface area contributed by atoms with E-state index in [0.717, 1.165) is 12.8 Å². The molecule has 1 unspecified atom stereocenters. The Morgan fingerprint density at radius 3 is 3.18 bits per heavy atom. The highest BCUT2D eigenvalue weighted by atomic mass is 16.2. The molecule has 0 saturated carbocycles. The summed E-state index contributed by atoms with van der Waals surface area (Å²) in [6, 6.07) is 3.51. The van der Waals surface area contributed by atoms with E-state index in [1.54, 1.807) is 23.2 Å². The molecule has 2 amide bonds. The molecule has 0 spiro atoms. The SMILES string of the molecule is Cc1ncccc1C(=O)N1CCCC1NC=O. The van der Waals surface area contributed by atoms with Crippen LogP contribution in [0.15, 0.2) is 18.3 Å². The van der Waals surface area contributed by atoms with Crippen molar-refractivity contribution in [2.24, 2.45) is 0 Å². The zero-order valence-corrected chi connectivity index (χ0v) is 9.72. The number of nitrogens with zero attached hydrogens (tertiary/aromatic N) is 2. The van der Waals surface area contributed by atoms with Gasteiger partial charge in [-0.05, 0) is 31.9 Å². The van der Waals surface area contributed by atoms with E-state index in [4.69, 9.17) is 0 Å². The van der Waals surface area contributed by atoms with Crippen LogP contribution < -0.4 is 5.32 Å². The minimum Gasteiger partial charge on any atom is -0.338 e. The first-order valence-electron chi connectivity index (χ1n) is 5.66. The van der Waals surface area contributed by atoms with E-state index in [0.29, 0.717) is 24.2 Å². The number of rotatable bonds is 3. The maximum atomic E-state index is 12.3. The average molecular weight is 233 g/mol. The molecule has 1 aliphatic rings. The van der Waals surface area contributed by atoms with Gasteiger partial charge in [0.2, 0.25) is 6.41 Å². The van der Waals surface area contributed by atoms with Gasteiger partial charge in [0.05, 0.1) is 5.56 Å². The molecular formula is C12H15N3O2. The van der Waals surface area contributed by atoms with Crippen molar-refractivity contribution in [3.63, 3.8) is 0 Å². The Morgan fingerprint density at radius 1 is 1.65 bits per heavy atom. The minimum atomic E-state index is -0.181. The fraction of sp³-hybridized carbons (Fsp3) is 0.417. The highest BCUT2D eigenvalue weighted by Crippen LogP contribution is 2.18. The maximum absolute atomic E-state index is 12.3. The third-order valence-corrected chi connectivity index (χ3v) is 3.01. The molecule has 90 valence electrons. The molecular weight excluding hydrogens is 218 g/mol. The molecule has 5 heteroatoms. The molecule has 17 heavy (non-hydrogen) atoms. The van der Waals surface area contributed by atoms with Gasteiger partial charge in [-0.25, -0.2) is 0 Å². The molecule has 2 heterocycles. The lowest BCUT2D eigenvalue weighted by atomic mass is 10.2. The first-order chi connectivity index (χ1) is 8.24. The van der Waals surface area contributed by atoms with Gasteiger partial charge in [0.15, 0.2) is 0 Å². The summed E-state index contributed by atoms with van der Waals surface area (Å²) in [7, 11) is 0. The molecule has 5 nitrogen and oxygen atoms in total. The summed E-state index contributed by atoms with van der Waals surface area (Å²) < 4.78 is 0. The average Bonchev–Trinajstić information content (AvgIpc) is 2.78. The van der Waals surface area contributed by atoms with Crippen LogP contribution in [0.25, 0.3) is 0 Å². The Labute approximate surface area is 99.8 Å². The third-order valence-electron chi connectivity index (χ3n) is 3.01. The number of hydrogen-bond acceptors (Lipinski definition) is 3. The summed E-state index contributed by atoms with van der Waals surface area (Å²) in [6.07, 6.45) is 3.85. The number of hydrogen-bond donors (Lipinski definition) is 1. The van der Waals surface area contributed by atoms with Crippen molar-refractivity contribution in [2.45, 2.75) is 25.9 Å². The first-order valence-corrected chi connectivity index (χ1v) is 5.66. The number of amides is 2. The van der Waals surface area contributed by atoms with Crippen LogP contribution >= 0.6 is 0 Å². The van der Waals surface area contributed by atoms with Crippen molar-refractivity contribution in [1.82, 2.24) is 15.2 Å². The fourth-order valence-electron chi connectivity index (χ4n) is 2.13. The zero-order chi connectivity index (χ0) is 12.3. The first kappa shape index (κ1) is 11.6. The summed E-state index contributed by atoms with van der Waals surface area (Å²) in [5.41, 5.74) is 1.32. The summed E-state index contributed by atoms with van der Waals surface area (Å²) >= 11 is 0. The highest BCUT2D eigenvalue weighted by Gasteiger charge is 2.29. The molecule has 0 bridgehead atoms. The van der Waals surface area contributed by atoms with Gasteiger partial charge in [0, 0.05) is 18.4 Å². The molecule has 1 aromatic rings. The van der Waals surface area contributed by atoms with E-state index < -0.39 is 0 Å². The Kier molecular flexibility index (Phi) is 3.37. The normalized spacial score (nSPS) is 19.1. The van der Waals surface area contributed by atoms with Crippen LogP contribution in [0.1, 0.15) is 28.9 Å². The number of pyridine rings is 1. The Balaban J connectivity index is 2.20. The van der Waals surface area contributed by atoms with E-state index in [2.05, 4.69) is 10.3 Å². The van der Waals surface area contributed by atoms with Crippen molar-refractivity contribution in [3.05, 3.63) is 29.6 Å². The van der Waals surface area contributed by atoms with E-state index in [9.17, 15) is 9.59 Å². The molecule has 0 radical (unpaired) electrons. The van der Waals surface area contributed by atoms with Crippen LogP contribution in [0.5, 0.6) is 0 Å². The largest absolute Gasteiger partial charge is 0.338 e. The lowest BCUT2D eigenvalue weighted by Gasteiger charge is -2.24. The molecule has 1 aromatic heterocycles. The molecule has 1 fully saturated rings. The van der Waals surface area contributed by atoms with E-state index in [1.807, 2.05) is 6.92 Å².